The number of hydrogen-bond donors (Lipinski definition) is 2. The number of rotatable bonds is 4. The molecule has 0 spiro atoms. The van der Waals surface area contributed by atoms with Gasteiger partial charge < -0.3 is 20.3 Å². The van der Waals surface area contributed by atoms with E-state index in [4.69, 9.17) is 4.74 Å². The predicted molar refractivity (Wildman–Crippen MR) is 113 cm³/mol. The number of carbonyl (C=O) groups is 1. The second kappa shape index (κ2) is 8.34. The fourth-order valence-corrected chi connectivity index (χ4v) is 3.59. The van der Waals surface area contributed by atoms with Crippen molar-refractivity contribution in [3.8, 4) is 5.75 Å². The van der Waals surface area contributed by atoms with Crippen LogP contribution in [0.1, 0.15) is 19.3 Å². The summed E-state index contributed by atoms with van der Waals surface area (Å²) < 4.78 is 19.9. The molecule has 0 saturated carbocycles. The number of nitrogens with one attached hydrogen (secondary N) is 2. The summed E-state index contributed by atoms with van der Waals surface area (Å²) in [7, 11) is 1.53. The number of amides is 2. The SMILES string of the molecule is COc1ccccc1NC(=O)Nc1cc(F)c2nc(N3CCCCC3)ccc2c1. The number of nitrogens with zero attached hydrogens (tertiary/aromatic N) is 2. The molecule has 1 saturated heterocycles. The number of hydrogen-bond acceptors (Lipinski definition) is 4. The number of pyridine rings is 1. The van der Waals surface area contributed by atoms with Crippen LogP contribution >= 0.6 is 0 Å². The maximum Gasteiger partial charge on any atom is 0.323 e. The van der Waals surface area contributed by atoms with E-state index >= 15 is 0 Å². The van der Waals surface area contributed by atoms with Gasteiger partial charge in [0.15, 0.2) is 5.82 Å². The summed E-state index contributed by atoms with van der Waals surface area (Å²) >= 11 is 0. The molecule has 1 aliphatic heterocycles. The molecule has 4 rings (SSSR count). The number of piperidine rings is 1. The van der Waals surface area contributed by atoms with Crippen LogP contribution in [0.4, 0.5) is 26.4 Å². The van der Waals surface area contributed by atoms with Crippen LogP contribution < -0.4 is 20.3 Å². The van der Waals surface area contributed by atoms with Gasteiger partial charge in [-0.15, -0.1) is 0 Å². The Hall–Kier alpha value is -3.35. The Kier molecular flexibility index (Phi) is 5.46. The normalized spacial score (nSPS) is 13.9. The molecule has 2 N–H and O–H groups in total. The van der Waals surface area contributed by atoms with Gasteiger partial charge in [-0.1, -0.05) is 12.1 Å². The van der Waals surface area contributed by atoms with Gasteiger partial charge in [0.25, 0.3) is 0 Å². The first-order chi connectivity index (χ1) is 14.1. The van der Waals surface area contributed by atoms with Crippen molar-refractivity contribution in [1.82, 2.24) is 4.98 Å². The third-order valence-electron chi connectivity index (χ3n) is 5.02. The fraction of sp³-hybridized carbons (Fsp3) is 0.273. The Bertz CT molecular complexity index is 1030. The molecule has 0 radical (unpaired) electrons. The van der Waals surface area contributed by atoms with E-state index in [-0.39, 0.29) is 0 Å². The van der Waals surface area contributed by atoms with Crippen LogP contribution in [-0.4, -0.2) is 31.2 Å². The molecule has 29 heavy (non-hydrogen) atoms. The average molecular weight is 394 g/mol. The highest BCUT2D eigenvalue weighted by atomic mass is 19.1. The Morgan fingerprint density at radius 1 is 1.07 bits per heavy atom. The van der Waals surface area contributed by atoms with Crippen molar-refractivity contribution in [3.63, 3.8) is 0 Å². The monoisotopic (exact) mass is 394 g/mol. The van der Waals surface area contributed by atoms with Crippen molar-refractivity contribution in [2.24, 2.45) is 0 Å². The standard InChI is InChI=1S/C22H23FN4O2/c1-29-19-8-4-3-7-18(19)25-22(28)24-16-13-15-9-10-20(26-21(15)17(23)14-16)27-11-5-2-6-12-27/h3-4,7-10,13-14H,2,5-6,11-12H2,1H3,(H2,24,25,28). The molecule has 1 aliphatic rings. The summed E-state index contributed by atoms with van der Waals surface area (Å²) in [5, 5.41) is 6.02. The van der Waals surface area contributed by atoms with E-state index < -0.39 is 11.8 Å². The molecule has 0 bridgehead atoms. The smallest absolute Gasteiger partial charge is 0.323 e. The second-order valence-electron chi connectivity index (χ2n) is 7.03. The van der Waals surface area contributed by atoms with Gasteiger partial charge in [-0.3, -0.25) is 0 Å². The van der Waals surface area contributed by atoms with Crippen molar-refractivity contribution in [2.45, 2.75) is 19.3 Å². The van der Waals surface area contributed by atoms with Crippen LogP contribution in [0.25, 0.3) is 10.9 Å². The minimum absolute atomic E-state index is 0.309. The van der Waals surface area contributed by atoms with Gasteiger partial charge >= 0.3 is 6.03 Å². The molecule has 0 aliphatic carbocycles. The van der Waals surface area contributed by atoms with Gasteiger partial charge in [-0.05, 0) is 55.7 Å². The third kappa shape index (κ3) is 4.23. The first kappa shape index (κ1) is 19.0. The second-order valence-corrected chi connectivity index (χ2v) is 7.03. The Morgan fingerprint density at radius 2 is 1.86 bits per heavy atom. The fourth-order valence-electron chi connectivity index (χ4n) is 3.59. The topological polar surface area (TPSA) is 66.5 Å². The Balaban J connectivity index is 1.53. The van der Waals surface area contributed by atoms with Crippen LogP contribution in [0.2, 0.25) is 0 Å². The van der Waals surface area contributed by atoms with Gasteiger partial charge in [0.1, 0.15) is 17.1 Å². The number of carbonyl (C=O) groups excluding carboxylic acids is 1. The molecule has 1 fully saturated rings. The van der Waals surface area contributed by atoms with E-state index in [1.165, 1.54) is 19.6 Å². The molecule has 7 heteroatoms. The molecule has 2 heterocycles. The zero-order valence-electron chi connectivity index (χ0n) is 16.2. The molecule has 3 aromatic rings. The summed E-state index contributed by atoms with van der Waals surface area (Å²) in [5.41, 5.74) is 1.19. The molecular formula is C22H23FN4O2. The van der Waals surface area contributed by atoms with Crippen LogP contribution in [-0.2, 0) is 0 Å². The summed E-state index contributed by atoms with van der Waals surface area (Å²) in [6.07, 6.45) is 3.49. The lowest BCUT2D eigenvalue weighted by Crippen LogP contribution is -2.30. The minimum Gasteiger partial charge on any atom is -0.495 e. The number of anilines is 3. The maximum absolute atomic E-state index is 14.7. The van der Waals surface area contributed by atoms with E-state index in [1.54, 1.807) is 24.3 Å². The lowest BCUT2D eigenvalue weighted by Gasteiger charge is -2.27. The summed E-state index contributed by atoms with van der Waals surface area (Å²) in [4.78, 5) is 19.0. The van der Waals surface area contributed by atoms with Crippen molar-refractivity contribution in [2.75, 3.05) is 35.7 Å². The van der Waals surface area contributed by atoms with E-state index in [0.717, 1.165) is 31.7 Å². The molecule has 0 atom stereocenters. The highest BCUT2D eigenvalue weighted by Crippen LogP contribution is 2.27. The lowest BCUT2D eigenvalue weighted by atomic mass is 10.1. The largest absolute Gasteiger partial charge is 0.495 e. The zero-order chi connectivity index (χ0) is 20.2. The molecule has 0 unspecified atom stereocenters. The number of para-hydroxylation sites is 2. The van der Waals surface area contributed by atoms with E-state index in [1.807, 2.05) is 18.2 Å². The van der Waals surface area contributed by atoms with Gasteiger partial charge in [0, 0.05) is 24.2 Å². The third-order valence-corrected chi connectivity index (χ3v) is 5.02. The molecule has 6 nitrogen and oxygen atoms in total. The van der Waals surface area contributed by atoms with E-state index in [9.17, 15) is 9.18 Å². The van der Waals surface area contributed by atoms with E-state index in [2.05, 4.69) is 20.5 Å². The molecule has 150 valence electrons. The number of methoxy groups -OCH3 is 1. The van der Waals surface area contributed by atoms with E-state index in [0.29, 0.717) is 28.0 Å². The van der Waals surface area contributed by atoms with Crippen LogP contribution in [0.5, 0.6) is 5.75 Å². The Morgan fingerprint density at radius 3 is 2.66 bits per heavy atom. The maximum atomic E-state index is 14.7. The number of fused-ring (bicyclic) bond motifs is 1. The molecular weight excluding hydrogens is 371 g/mol. The lowest BCUT2D eigenvalue weighted by molar-refractivity contribution is 0.262. The van der Waals surface area contributed by atoms with Crippen molar-refractivity contribution >= 4 is 34.1 Å². The van der Waals surface area contributed by atoms with Crippen molar-refractivity contribution < 1.29 is 13.9 Å². The van der Waals surface area contributed by atoms with Gasteiger partial charge in [-0.2, -0.15) is 0 Å². The summed E-state index contributed by atoms with van der Waals surface area (Å²) in [6.45, 7) is 1.89. The van der Waals surface area contributed by atoms with Gasteiger partial charge in [0.2, 0.25) is 0 Å². The molecule has 1 aromatic heterocycles. The number of benzene rings is 2. The zero-order valence-corrected chi connectivity index (χ0v) is 16.2. The first-order valence-corrected chi connectivity index (χ1v) is 9.70. The summed E-state index contributed by atoms with van der Waals surface area (Å²) in [6, 6.07) is 13.4. The van der Waals surface area contributed by atoms with Crippen molar-refractivity contribution in [3.05, 3.63) is 54.3 Å². The van der Waals surface area contributed by atoms with Crippen molar-refractivity contribution in [1.29, 1.82) is 0 Å². The summed E-state index contributed by atoms with van der Waals surface area (Å²) in [5.74, 6) is 0.876. The van der Waals surface area contributed by atoms with Crippen LogP contribution in [0.3, 0.4) is 0 Å². The number of halogens is 1. The number of ether oxygens (including phenoxy) is 1. The highest BCUT2D eigenvalue weighted by Gasteiger charge is 2.15. The van der Waals surface area contributed by atoms with Crippen LogP contribution in [0, 0.1) is 5.82 Å². The average Bonchev–Trinajstić information content (AvgIpc) is 2.74. The van der Waals surface area contributed by atoms with Gasteiger partial charge in [0.05, 0.1) is 12.8 Å². The number of urea groups is 1. The quantitative estimate of drug-likeness (QED) is 0.652. The Labute approximate surface area is 168 Å². The van der Waals surface area contributed by atoms with Crippen LogP contribution in [0.15, 0.2) is 48.5 Å². The van der Waals surface area contributed by atoms with Gasteiger partial charge in [-0.25, -0.2) is 14.2 Å². The molecule has 2 amide bonds. The first-order valence-electron chi connectivity index (χ1n) is 9.70. The number of aromatic nitrogens is 1. The highest BCUT2D eigenvalue weighted by molar-refractivity contribution is 6.01. The molecule has 2 aromatic carbocycles. The predicted octanol–water partition coefficient (Wildman–Crippen LogP) is 5.02. The minimum atomic E-state index is -0.480.